The van der Waals surface area contributed by atoms with E-state index in [-0.39, 0.29) is 0 Å². The third-order valence-electron chi connectivity index (χ3n) is 3.85. The molecule has 0 saturated carbocycles. The van der Waals surface area contributed by atoms with Crippen LogP contribution in [0.25, 0.3) is 0 Å². The van der Waals surface area contributed by atoms with Gasteiger partial charge in [0.25, 0.3) is 0 Å². The minimum absolute atomic E-state index is 0.381. The molecule has 0 aliphatic carbocycles. The number of aliphatic hydroxyl groups is 2. The van der Waals surface area contributed by atoms with E-state index < -0.39 is 49.1 Å². The lowest BCUT2D eigenvalue weighted by Crippen LogP contribution is -2.45. The zero-order valence-electron chi connectivity index (χ0n) is 12.9. The van der Waals surface area contributed by atoms with E-state index in [1.165, 1.54) is 0 Å². The molecule has 2 N–H and O–H groups in total. The first kappa shape index (κ1) is 16.4. The van der Waals surface area contributed by atoms with Crippen molar-refractivity contribution in [1.82, 2.24) is 0 Å². The van der Waals surface area contributed by atoms with Crippen LogP contribution in [0.5, 0.6) is 0 Å². The average Bonchev–Trinajstić information content (AvgIpc) is 3.00. The molecule has 0 aromatic heterocycles. The summed E-state index contributed by atoms with van der Waals surface area (Å²) in [5.74, 6) is -1.43. The monoisotopic (exact) mass is 324 g/mol. The van der Waals surface area contributed by atoms with Gasteiger partial charge in [-0.1, -0.05) is 18.2 Å². The second-order valence-corrected chi connectivity index (χ2v) is 6.06. The van der Waals surface area contributed by atoms with Crippen molar-refractivity contribution in [2.45, 2.75) is 50.3 Å². The van der Waals surface area contributed by atoms with Gasteiger partial charge in [-0.15, -0.1) is 0 Å². The number of ether oxygens (including phenoxy) is 4. The standard InChI is InChI=1S/C16H20O7/c1-16(2)22-13-12(11(10(18)8-17)21-15(13)23-16)20-14(19)9-6-4-3-5-7-9/h3-7,10-13,15,17-18H,8H2,1-2H3/t10-,11+,12-,13+,15+/m0/s1. The molecule has 0 spiro atoms. The van der Waals surface area contributed by atoms with Crippen LogP contribution in [0.4, 0.5) is 0 Å². The molecule has 0 amide bonds. The van der Waals surface area contributed by atoms with Crippen molar-refractivity contribution < 1.29 is 34.0 Å². The van der Waals surface area contributed by atoms with Gasteiger partial charge in [-0.25, -0.2) is 4.79 Å². The molecule has 2 fully saturated rings. The first-order valence-electron chi connectivity index (χ1n) is 7.47. The Morgan fingerprint density at radius 1 is 1.30 bits per heavy atom. The van der Waals surface area contributed by atoms with Crippen LogP contribution in [0.1, 0.15) is 24.2 Å². The number of rotatable bonds is 4. The number of esters is 1. The molecule has 3 rings (SSSR count). The minimum atomic E-state index is -1.20. The molecule has 1 aromatic rings. The van der Waals surface area contributed by atoms with Gasteiger partial charge in [0.05, 0.1) is 12.2 Å². The Hall–Kier alpha value is -1.51. The fourth-order valence-electron chi connectivity index (χ4n) is 2.82. The van der Waals surface area contributed by atoms with Gasteiger partial charge in [0.2, 0.25) is 0 Å². The smallest absolute Gasteiger partial charge is 0.338 e. The molecule has 2 saturated heterocycles. The van der Waals surface area contributed by atoms with Crippen LogP contribution in [0.3, 0.4) is 0 Å². The summed E-state index contributed by atoms with van der Waals surface area (Å²) in [5, 5.41) is 19.1. The van der Waals surface area contributed by atoms with E-state index in [0.29, 0.717) is 5.56 Å². The fraction of sp³-hybridized carbons (Fsp3) is 0.562. The maximum absolute atomic E-state index is 12.3. The minimum Gasteiger partial charge on any atom is -0.453 e. The van der Waals surface area contributed by atoms with Crippen molar-refractivity contribution in [3.8, 4) is 0 Å². The highest BCUT2D eigenvalue weighted by Crippen LogP contribution is 2.39. The van der Waals surface area contributed by atoms with Crippen molar-refractivity contribution in [3.05, 3.63) is 35.9 Å². The predicted molar refractivity (Wildman–Crippen MR) is 77.4 cm³/mol. The highest BCUT2D eigenvalue weighted by atomic mass is 16.8. The second-order valence-electron chi connectivity index (χ2n) is 6.06. The molecular formula is C16H20O7. The molecule has 5 atom stereocenters. The van der Waals surface area contributed by atoms with Crippen molar-refractivity contribution in [1.29, 1.82) is 0 Å². The van der Waals surface area contributed by atoms with E-state index in [1.807, 2.05) is 0 Å². The zero-order valence-corrected chi connectivity index (χ0v) is 12.9. The van der Waals surface area contributed by atoms with E-state index in [2.05, 4.69) is 0 Å². The Kier molecular flexibility index (Phi) is 4.39. The number of hydrogen-bond acceptors (Lipinski definition) is 7. The van der Waals surface area contributed by atoms with Crippen LogP contribution in [0.2, 0.25) is 0 Å². The van der Waals surface area contributed by atoms with Crippen LogP contribution in [0, 0.1) is 0 Å². The Morgan fingerprint density at radius 3 is 2.65 bits per heavy atom. The van der Waals surface area contributed by atoms with Crippen LogP contribution >= 0.6 is 0 Å². The molecule has 0 bridgehead atoms. The number of aliphatic hydroxyl groups excluding tert-OH is 2. The molecule has 7 heteroatoms. The predicted octanol–water partition coefficient (Wildman–Crippen LogP) is 0.442. The molecule has 23 heavy (non-hydrogen) atoms. The summed E-state index contributed by atoms with van der Waals surface area (Å²) < 4.78 is 22.4. The SMILES string of the molecule is CC1(C)O[C@H]2O[C@H]([C@@H](O)CO)[C@H](OC(=O)c3ccccc3)[C@H]2O1. The van der Waals surface area contributed by atoms with Crippen molar-refractivity contribution in [2.24, 2.45) is 0 Å². The van der Waals surface area contributed by atoms with Crippen LogP contribution in [0.15, 0.2) is 30.3 Å². The highest BCUT2D eigenvalue weighted by molar-refractivity contribution is 5.89. The summed E-state index contributed by atoms with van der Waals surface area (Å²) in [6.45, 7) is 2.93. The van der Waals surface area contributed by atoms with E-state index >= 15 is 0 Å². The molecule has 7 nitrogen and oxygen atoms in total. The number of carbonyl (C=O) groups excluding carboxylic acids is 1. The molecule has 2 aliphatic rings. The van der Waals surface area contributed by atoms with E-state index in [0.717, 1.165) is 0 Å². The van der Waals surface area contributed by atoms with Gasteiger partial charge in [0.1, 0.15) is 12.2 Å². The first-order valence-corrected chi connectivity index (χ1v) is 7.47. The summed E-state index contributed by atoms with van der Waals surface area (Å²) in [5.41, 5.74) is 0.381. The third-order valence-corrected chi connectivity index (χ3v) is 3.85. The number of benzene rings is 1. The van der Waals surface area contributed by atoms with Crippen molar-refractivity contribution >= 4 is 5.97 Å². The number of fused-ring (bicyclic) bond motifs is 1. The molecule has 1 aromatic carbocycles. The van der Waals surface area contributed by atoms with E-state index in [4.69, 9.17) is 18.9 Å². The van der Waals surface area contributed by atoms with Crippen molar-refractivity contribution in [2.75, 3.05) is 6.61 Å². The topological polar surface area (TPSA) is 94.5 Å². The Bertz CT molecular complexity index is 559. The van der Waals surface area contributed by atoms with Gasteiger partial charge >= 0.3 is 5.97 Å². The number of carbonyl (C=O) groups is 1. The van der Waals surface area contributed by atoms with Gasteiger partial charge in [-0.2, -0.15) is 0 Å². The Balaban J connectivity index is 1.79. The molecule has 2 aliphatic heterocycles. The molecule has 126 valence electrons. The van der Waals surface area contributed by atoms with E-state index in [9.17, 15) is 15.0 Å². The van der Waals surface area contributed by atoms with Gasteiger partial charge in [0.15, 0.2) is 24.3 Å². The van der Waals surface area contributed by atoms with Crippen LogP contribution in [-0.2, 0) is 18.9 Å². The Labute approximate surface area is 133 Å². The highest BCUT2D eigenvalue weighted by Gasteiger charge is 2.58. The lowest BCUT2D eigenvalue weighted by molar-refractivity contribution is -0.227. The quantitative estimate of drug-likeness (QED) is 0.776. The summed E-state index contributed by atoms with van der Waals surface area (Å²) in [6, 6.07) is 8.50. The van der Waals surface area contributed by atoms with Gasteiger partial charge in [-0.05, 0) is 26.0 Å². The molecule has 2 heterocycles. The Morgan fingerprint density at radius 2 is 2.00 bits per heavy atom. The second kappa shape index (κ2) is 6.18. The lowest BCUT2D eigenvalue weighted by Gasteiger charge is -2.27. The lowest BCUT2D eigenvalue weighted by atomic mass is 10.1. The largest absolute Gasteiger partial charge is 0.453 e. The summed E-state index contributed by atoms with van der Waals surface area (Å²) in [4.78, 5) is 12.3. The maximum atomic E-state index is 12.3. The molecular weight excluding hydrogens is 304 g/mol. The summed E-state index contributed by atoms with van der Waals surface area (Å²) in [6.07, 6.45) is -4.42. The summed E-state index contributed by atoms with van der Waals surface area (Å²) in [7, 11) is 0. The van der Waals surface area contributed by atoms with Gasteiger partial charge in [-0.3, -0.25) is 0 Å². The van der Waals surface area contributed by atoms with E-state index in [1.54, 1.807) is 44.2 Å². The van der Waals surface area contributed by atoms with Crippen molar-refractivity contribution in [3.63, 3.8) is 0 Å². The zero-order chi connectivity index (χ0) is 16.6. The fourth-order valence-corrected chi connectivity index (χ4v) is 2.82. The number of hydrogen-bond donors (Lipinski definition) is 2. The first-order chi connectivity index (χ1) is 10.9. The van der Waals surface area contributed by atoms with Crippen LogP contribution in [-0.4, -0.2) is 59.3 Å². The molecule has 0 unspecified atom stereocenters. The summed E-state index contributed by atoms with van der Waals surface area (Å²) >= 11 is 0. The van der Waals surface area contributed by atoms with Crippen LogP contribution < -0.4 is 0 Å². The molecule has 0 radical (unpaired) electrons. The third kappa shape index (κ3) is 3.24. The maximum Gasteiger partial charge on any atom is 0.338 e. The normalized spacial score (nSPS) is 33.2. The average molecular weight is 324 g/mol. The van der Waals surface area contributed by atoms with Gasteiger partial charge in [0, 0.05) is 0 Å². The van der Waals surface area contributed by atoms with Gasteiger partial charge < -0.3 is 29.2 Å².